The second kappa shape index (κ2) is 3.94. The topological polar surface area (TPSA) is 60.6 Å². The maximum Gasteiger partial charge on any atom is 0.340 e. The van der Waals surface area contributed by atoms with Crippen molar-refractivity contribution in [1.29, 1.82) is 0 Å². The molecule has 1 N–H and O–H groups in total. The smallest absolute Gasteiger partial charge is 0.340 e. The average Bonchev–Trinajstić information content (AvgIpc) is 2.88. The molecule has 1 aliphatic rings. The second-order valence-electron chi connectivity index (χ2n) is 4.10. The van der Waals surface area contributed by atoms with Gasteiger partial charge in [0.2, 0.25) is 6.79 Å². The standard InChI is InChI=1S/C13H13NO4/c1-3-16-13(15)12-7(2)14-9-5-11-10(4-8(9)12)17-6-18-11/h4-5,14H,3,6H2,1-2H3. The molecule has 1 aromatic carbocycles. The van der Waals surface area contributed by atoms with Gasteiger partial charge in [0, 0.05) is 17.1 Å². The SMILES string of the molecule is CCOC(=O)c1c(C)[nH]c2cc3c(cc12)OCO3. The van der Waals surface area contributed by atoms with E-state index in [1.165, 1.54) is 0 Å². The van der Waals surface area contributed by atoms with Gasteiger partial charge >= 0.3 is 5.97 Å². The van der Waals surface area contributed by atoms with Crippen LogP contribution in [0.1, 0.15) is 23.0 Å². The molecule has 94 valence electrons. The predicted octanol–water partition coefficient (Wildman–Crippen LogP) is 2.38. The predicted molar refractivity (Wildman–Crippen MR) is 65.1 cm³/mol. The Bertz CT molecular complexity index is 629. The molecule has 0 saturated heterocycles. The lowest BCUT2D eigenvalue weighted by Gasteiger charge is -2.02. The summed E-state index contributed by atoms with van der Waals surface area (Å²) >= 11 is 0. The number of benzene rings is 1. The summed E-state index contributed by atoms with van der Waals surface area (Å²) < 4.78 is 15.7. The highest BCUT2D eigenvalue weighted by Gasteiger charge is 2.21. The number of aromatic amines is 1. The average molecular weight is 247 g/mol. The van der Waals surface area contributed by atoms with Gasteiger partial charge in [-0.2, -0.15) is 0 Å². The number of carbonyl (C=O) groups excluding carboxylic acids is 1. The molecular weight excluding hydrogens is 234 g/mol. The molecule has 5 nitrogen and oxygen atoms in total. The van der Waals surface area contributed by atoms with Crippen LogP contribution in [0.25, 0.3) is 10.9 Å². The molecular formula is C13H13NO4. The number of fused-ring (bicyclic) bond motifs is 2. The number of rotatable bonds is 2. The molecule has 1 aromatic heterocycles. The molecule has 0 spiro atoms. The van der Waals surface area contributed by atoms with Gasteiger partial charge in [0.1, 0.15) is 0 Å². The van der Waals surface area contributed by atoms with E-state index in [1.807, 2.05) is 19.1 Å². The molecule has 2 heterocycles. The van der Waals surface area contributed by atoms with Crippen LogP contribution in [0.2, 0.25) is 0 Å². The monoisotopic (exact) mass is 247 g/mol. The summed E-state index contributed by atoms with van der Waals surface area (Å²) in [6.07, 6.45) is 0. The number of hydrogen-bond donors (Lipinski definition) is 1. The summed E-state index contributed by atoms with van der Waals surface area (Å²) in [6, 6.07) is 3.65. The molecule has 0 amide bonds. The molecule has 0 aliphatic carbocycles. The van der Waals surface area contributed by atoms with Crippen molar-refractivity contribution in [1.82, 2.24) is 4.98 Å². The fraction of sp³-hybridized carbons (Fsp3) is 0.308. The van der Waals surface area contributed by atoms with E-state index in [2.05, 4.69) is 4.98 Å². The third kappa shape index (κ3) is 1.51. The molecule has 1 aliphatic heterocycles. The highest BCUT2D eigenvalue weighted by Crippen LogP contribution is 2.37. The number of ether oxygens (including phenoxy) is 3. The Kier molecular flexibility index (Phi) is 2.40. The summed E-state index contributed by atoms with van der Waals surface area (Å²) in [4.78, 5) is 15.1. The third-order valence-corrected chi connectivity index (χ3v) is 2.96. The maximum absolute atomic E-state index is 11.9. The van der Waals surface area contributed by atoms with Crippen LogP contribution in [0, 0.1) is 6.92 Å². The Balaban J connectivity index is 2.19. The molecule has 0 fully saturated rings. The molecule has 3 rings (SSSR count). The molecule has 0 radical (unpaired) electrons. The van der Waals surface area contributed by atoms with E-state index in [-0.39, 0.29) is 12.8 Å². The van der Waals surface area contributed by atoms with Crippen molar-refractivity contribution < 1.29 is 19.0 Å². The number of hydrogen-bond acceptors (Lipinski definition) is 4. The third-order valence-electron chi connectivity index (χ3n) is 2.96. The molecule has 0 atom stereocenters. The van der Waals surface area contributed by atoms with Crippen molar-refractivity contribution >= 4 is 16.9 Å². The Morgan fingerprint density at radius 2 is 2.11 bits per heavy atom. The number of H-pyrrole nitrogens is 1. The van der Waals surface area contributed by atoms with Crippen LogP contribution < -0.4 is 9.47 Å². The van der Waals surface area contributed by atoms with E-state index >= 15 is 0 Å². The zero-order valence-corrected chi connectivity index (χ0v) is 10.2. The van der Waals surface area contributed by atoms with E-state index in [9.17, 15) is 4.79 Å². The van der Waals surface area contributed by atoms with Gasteiger partial charge in [0.05, 0.1) is 17.7 Å². The Hall–Kier alpha value is -2.17. The van der Waals surface area contributed by atoms with E-state index in [0.29, 0.717) is 23.7 Å². The Morgan fingerprint density at radius 3 is 2.83 bits per heavy atom. The van der Waals surface area contributed by atoms with Crippen LogP contribution in [0.4, 0.5) is 0 Å². The molecule has 18 heavy (non-hydrogen) atoms. The number of aryl methyl sites for hydroxylation is 1. The molecule has 5 heteroatoms. The van der Waals surface area contributed by atoms with Crippen molar-refractivity contribution in [2.45, 2.75) is 13.8 Å². The van der Waals surface area contributed by atoms with Crippen LogP contribution in [-0.4, -0.2) is 24.4 Å². The van der Waals surface area contributed by atoms with Crippen LogP contribution in [0.15, 0.2) is 12.1 Å². The number of nitrogens with one attached hydrogen (secondary N) is 1. The minimum absolute atomic E-state index is 0.218. The van der Waals surface area contributed by atoms with Gasteiger partial charge in [-0.3, -0.25) is 0 Å². The fourth-order valence-electron chi connectivity index (χ4n) is 2.19. The second-order valence-corrected chi connectivity index (χ2v) is 4.10. The van der Waals surface area contributed by atoms with Crippen LogP contribution in [0.5, 0.6) is 11.5 Å². The largest absolute Gasteiger partial charge is 0.462 e. The number of aromatic nitrogens is 1. The van der Waals surface area contributed by atoms with E-state index in [1.54, 1.807) is 6.92 Å². The Morgan fingerprint density at radius 1 is 1.39 bits per heavy atom. The highest BCUT2D eigenvalue weighted by molar-refractivity contribution is 6.06. The van der Waals surface area contributed by atoms with Gasteiger partial charge in [-0.1, -0.05) is 0 Å². The van der Waals surface area contributed by atoms with Crippen molar-refractivity contribution in [2.75, 3.05) is 13.4 Å². The van der Waals surface area contributed by atoms with E-state index in [4.69, 9.17) is 14.2 Å². The Labute approximate surface area is 104 Å². The van der Waals surface area contributed by atoms with Crippen LogP contribution in [0.3, 0.4) is 0 Å². The van der Waals surface area contributed by atoms with Gasteiger partial charge < -0.3 is 19.2 Å². The first-order valence-corrected chi connectivity index (χ1v) is 5.79. The first kappa shape index (κ1) is 11.0. The lowest BCUT2D eigenvalue weighted by molar-refractivity contribution is 0.0528. The first-order chi connectivity index (χ1) is 8.70. The maximum atomic E-state index is 11.9. The lowest BCUT2D eigenvalue weighted by Crippen LogP contribution is -2.05. The van der Waals surface area contributed by atoms with E-state index in [0.717, 1.165) is 16.6 Å². The van der Waals surface area contributed by atoms with Gasteiger partial charge in [-0.15, -0.1) is 0 Å². The summed E-state index contributed by atoms with van der Waals surface area (Å²) in [6.45, 7) is 4.21. The highest BCUT2D eigenvalue weighted by atomic mass is 16.7. The van der Waals surface area contributed by atoms with Gasteiger partial charge in [0.15, 0.2) is 11.5 Å². The van der Waals surface area contributed by atoms with Crippen molar-refractivity contribution in [3.8, 4) is 11.5 Å². The minimum atomic E-state index is -0.319. The number of carbonyl (C=O) groups is 1. The molecule has 0 unspecified atom stereocenters. The van der Waals surface area contributed by atoms with Crippen molar-refractivity contribution in [3.63, 3.8) is 0 Å². The van der Waals surface area contributed by atoms with Crippen molar-refractivity contribution in [3.05, 3.63) is 23.4 Å². The van der Waals surface area contributed by atoms with E-state index < -0.39 is 0 Å². The normalized spacial score (nSPS) is 13.0. The quantitative estimate of drug-likeness (QED) is 0.828. The zero-order chi connectivity index (χ0) is 12.7. The van der Waals surface area contributed by atoms with Gasteiger partial charge in [-0.25, -0.2) is 4.79 Å². The summed E-state index contributed by atoms with van der Waals surface area (Å²) in [5.41, 5.74) is 2.19. The molecule has 0 bridgehead atoms. The summed E-state index contributed by atoms with van der Waals surface area (Å²) in [5, 5.41) is 0.801. The number of esters is 1. The summed E-state index contributed by atoms with van der Waals surface area (Å²) in [7, 11) is 0. The van der Waals surface area contributed by atoms with Gasteiger partial charge in [0.25, 0.3) is 0 Å². The molecule has 2 aromatic rings. The van der Waals surface area contributed by atoms with Crippen LogP contribution in [-0.2, 0) is 4.74 Å². The fourth-order valence-corrected chi connectivity index (χ4v) is 2.19. The minimum Gasteiger partial charge on any atom is -0.462 e. The molecule has 0 saturated carbocycles. The zero-order valence-electron chi connectivity index (χ0n) is 10.2. The van der Waals surface area contributed by atoms with Gasteiger partial charge in [-0.05, 0) is 19.9 Å². The lowest BCUT2D eigenvalue weighted by atomic mass is 10.1. The summed E-state index contributed by atoms with van der Waals surface area (Å²) in [5.74, 6) is 1.03. The van der Waals surface area contributed by atoms with Crippen LogP contribution >= 0.6 is 0 Å². The first-order valence-electron chi connectivity index (χ1n) is 5.79. The van der Waals surface area contributed by atoms with Crippen molar-refractivity contribution in [2.24, 2.45) is 0 Å².